The van der Waals surface area contributed by atoms with Gasteiger partial charge in [-0.1, -0.05) is 91.0 Å². The summed E-state index contributed by atoms with van der Waals surface area (Å²) in [6.07, 6.45) is -9.81. The Morgan fingerprint density at radius 1 is 0.350 bits per heavy atom. The number of benzene rings is 6. The van der Waals surface area contributed by atoms with Gasteiger partial charge in [-0.2, -0.15) is 26.3 Å². The molecule has 0 spiro atoms. The van der Waals surface area contributed by atoms with Crippen LogP contribution in [0.15, 0.2) is 121 Å². The van der Waals surface area contributed by atoms with Crippen molar-refractivity contribution in [3.05, 3.63) is 132 Å². The summed E-state index contributed by atoms with van der Waals surface area (Å²) in [7, 11) is 0. The van der Waals surface area contributed by atoms with E-state index in [1.807, 2.05) is 60.7 Å². The zero-order valence-electron chi connectivity index (χ0n) is 20.8. The minimum Gasteiger partial charge on any atom is -0.166 e. The number of hydrogen-bond acceptors (Lipinski definition) is 0. The largest absolute Gasteiger partial charge is 0.416 e. The highest BCUT2D eigenvalue weighted by Gasteiger charge is 2.37. The maximum atomic E-state index is 13.4. The lowest BCUT2D eigenvalue weighted by Gasteiger charge is -2.15. The first-order chi connectivity index (χ1) is 19.1. The van der Waals surface area contributed by atoms with Gasteiger partial charge in [0.05, 0.1) is 11.1 Å². The van der Waals surface area contributed by atoms with Gasteiger partial charge in [0, 0.05) is 0 Å². The summed E-state index contributed by atoms with van der Waals surface area (Å²) in [5.41, 5.74) is 1.46. The van der Waals surface area contributed by atoms with E-state index in [-0.39, 0.29) is 17.2 Å². The molecule has 0 aliphatic heterocycles. The molecule has 6 heteroatoms. The summed E-state index contributed by atoms with van der Waals surface area (Å²) in [5.74, 6) is 0. The SMILES string of the molecule is FC(F)(F)c1cc(-c2ccc3ccc(-c4ccc(-c5cccc6ccccc56)cc4)cc3c2)cc(C(F)(F)F)c1. The monoisotopic (exact) mass is 542 g/mol. The molecule has 0 saturated heterocycles. The first-order valence-electron chi connectivity index (χ1n) is 12.5. The van der Waals surface area contributed by atoms with Gasteiger partial charge in [-0.3, -0.25) is 0 Å². The van der Waals surface area contributed by atoms with E-state index < -0.39 is 23.5 Å². The van der Waals surface area contributed by atoms with Crippen molar-refractivity contribution in [3.8, 4) is 33.4 Å². The van der Waals surface area contributed by atoms with Crippen LogP contribution in [0.5, 0.6) is 0 Å². The molecule has 0 bridgehead atoms. The van der Waals surface area contributed by atoms with E-state index in [9.17, 15) is 26.3 Å². The molecule has 6 aromatic rings. The quantitative estimate of drug-likeness (QED) is 0.195. The molecule has 0 N–H and O–H groups in total. The summed E-state index contributed by atoms with van der Waals surface area (Å²) in [6.45, 7) is 0. The van der Waals surface area contributed by atoms with E-state index in [1.165, 1.54) is 6.07 Å². The molecule has 0 saturated carbocycles. The van der Waals surface area contributed by atoms with Crippen LogP contribution >= 0.6 is 0 Å². The fraction of sp³-hybridized carbons (Fsp3) is 0.0588. The Bertz CT molecular complexity index is 1820. The van der Waals surface area contributed by atoms with Gasteiger partial charge in [0.1, 0.15) is 0 Å². The number of hydrogen-bond donors (Lipinski definition) is 0. The zero-order chi connectivity index (χ0) is 28.1. The Hall–Kier alpha value is -4.58. The predicted octanol–water partition coefficient (Wildman–Crippen LogP) is 11.0. The topological polar surface area (TPSA) is 0 Å². The van der Waals surface area contributed by atoms with Gasteiger partial charge in [0.2, 0.25) is 0 Å². The van der Waals surface area contributed by atoms with Gasteiger partial charge in [0.25, 0.3) is 0 Å². The third-order valence-electron chi connectivity index (χ3n) is 7.08. The van der Waals surface area contributed by atoms with Crippen LogP contribution in [0, 0.1) is 0 Å². The lowest BCUT2D eigenvalue weighted by Crippen LogP contribution is -2.11. The Morgan fingerprint density at radius 3 is 1.50 bits per heavy atom. The van der Waals surface area contributed by atoms with Crippen molar-refractivity contribution in [3.63, 3.8) is 0 Å². The Labute approximate surface area is 226 Å². The minimum absolute atomic E-state index is 0.143. The molecule has 0 atom stereocenters. The molecule has 0 nitrogen and oxygen atoms in total. The van der Waals surface area contributed by atoms with E-state index in [1.54, 1.807) is 12.1 Å². The molecule has 0 aliphatic carbocycles. The molecule has 0 fully saturated rings. The number of halogens is 6. The molecular weight excluding hydrogens is 522 g/mol. The van der Waals surface area contributed by atoms with E-state index in [2.05, 4.69) is 24.3 Å². The molecule has 6 aromatic carbocycles. The smallest absolute Gasteiger partial charge is 0.166 e. The van der Waals surface area contributed by atoms with Crippen LogP contribution in [0.3, 0.4) is 0 Å². The van der Waals surface area contributed by atoms with Crippen LogP contribution in [0.25, 0.3) is 54.9 Å². The van der Waals surface area contributed by atoms with Crippen molar-refractivity contribution in [1.82, 2.24) is 0 Å². The standard InChI is InChI=1S/C34H20F6/c35-33(36,37)29-18-28(19-30(20-29)34(38,39)40)26-15-11-22-10-14-25(16-27(22)17-26)21-8-12-24(13-9-21)32-7-3-5-23-4-1-2-6-31(23)32/h1-20H. The van der Waals surface area contributed by atoms with Crippen molar-refractivity contribution in [2.24, 2.45) is 0 Å². The van der Waals surface area contributed by atoms with Gasteiger partial charge < -0.3 is 0 Å². The lowest BCUT2D eigenvalue weighted by molar-refractivity contribution is -0.143. The second kappa shape index (κ2) is 9.56. The predicted molar refractivity (Wildman–Crippen MR) is 148 cm³/mol. The molecule has 0 unspecified atom stereocenters. The van der Waals surface area contributed by atoms with Crippen molar-refractivity contribution in [2.45, 2.75) is 12.4 Å². The normalized spacial score (nSPS) is 12.2. The summed E-state index contributed by atoms with van der Waals surface area (Å²) >= 11 is 0. The van der Waals surface area contributed by atoms with Crippen LogP contribution in [0.4, 0.5) is 26.3 Å². The van der Waals surface area contributed by atoms with Gasteiger partial charge in [-0.15, -0.1) is 0 Å². The van der Waals surface area contributed by atoms with Crippen LogP contribution in [0.1, 0.15) is 11.1 Å². The highest BCUT2D eigenvalue weighted by Crippen LogP contribution is 2.39. The molecule has 0 amide bonds. The maximum Gasteiger partial charge on any atom is 0.416 e. The molecule has 0 aromatic heterocycles. The average Bonchev–Trinajstić information content (AvgIpc) is 2.95. The van der Waals surface area contributed by atoms with Crippen molar-refractivity contribution in [1.29, 1.82) is 0 Å². The molecule has 40 heavy (non-hydrogen) atoms. The first kappa shape index (κ1) is 25.7. The maximum absolute atomic E-state index is 13.4. The minimum atomic E-state index is -4.90. The summed E-state index contributed by atoms with van der Waals surface area (Å²) < 4.78 is 80.4. The highest BCUT2D eigenvalue weighted by molar-refractivity contribution is 5.97. The molecule has 0 radical (unpaired) electrons. The summed E-state index contributed by atoms with van der Waals surface area (Å²) in [5, 5.41) is 3.83. The fourth-order valence-corrected chi connectivity index (χ4v) is 5.05. The van der Waals surface area contributed by atoms with Crippen molar-refractivity contribution in [2.75, 3.05) is 0 Å². The Kier molecular flexibility index (Phi) is 6.14. The Balaban J connectivity index is 1.38. The average molecular weight is 543 g/mol. The molecule has 6 rings (SSSR count). The second-order valence-corrected chi connectivity index (χ2v) is 9.68. The molecule has 0 heterocycles. The van der Waals surface area contributed by atoms with Crippen LogP contribution in [-0.4, -0.2) is 0 Å². The van der Waals surface area contributed by atoms with Crippen LogP contribution in [-0.2, 0) is 12.4 Å². The third kappa shape index (κ3) is 4.93. The third-order valence-corrected chi connectivity index (χ3v) is 7.08. The zero-order valence-corrected chi connectivity index (χ0v) is 20.8. The number of fused-ring (bicyclic) bond motifs is 2. The highest BCUT2D eigenvalue weighted by atomic mass is 19.4. The second-order valence-electron chi connectivity index (χ2n) is 9.68. The van der Waals surface area contributed by atoms with Crippen LogP contribution in [0.2, 0.25) is 0 Å². The molecule has 0 aliphatic rings. The van der Waals surface area contributed by atoms with Gasteiger partial charge >= 0.3 is 12.4 Å². The number of alkyl halides is 6. The summed E-state index contributed by atoms with van der Waals surface area (Å²) in [4.78, 5) is 0. The van der Waals surface area contributed by atoms with Gasteiger partial charge in [-0.25, -0.2) is 0 Å². The van der Waals surface area contributed by atoms with Gasteiger partial charge in [0.15, 0.2) is 0 Å². The fourth-order valence-electron chi connectivity index (χ4n) is 5.05. The number of rotatable bonds is 3. The van der Waals surface area contributed by atoms with E-state index in [0.29, 0.717) is 5.39 Å². The van der Waals surface area contributed by atoms with E-state index in [0.717, 1.165) is 50.5 Å². The van der Waals surface area contributed by atoms with Crippen molar-refractivity contribution < 1.29 is 26.3 Å². The van der Waals surface area contributed by atoms with Crippen molar-refractivity contribution >= 4 is 21.5 Å². The van der Waals surface area contributed by atoms with Crippen LogP contribution < -0.4 is 0 Å². The van der Waals surface area contributed by atoms with E-state index >= 15 is 0 Å². The summed E-state index contributed by atoms with van der Waals surface area (Å²) in [6, 6.07) is 34.7. The first-order valence-corrected chi connectivity index (χ1v) is 12.5. The molecule has 198 valence electrons. The molecular formula is C34H20F6. The Morgan fingerprint density at radius 2 is 0.875 bits per heavy atom. The van der Waals surface area contributed by atoms with E-state index in [4.69, 9.17) is 0 Å². The van der Waals surface area contributed by atoms with Gasteiger partial charge in [-0.05, 0) is 85.3 Å². The lowest BCUT2D eigenvalue weighted by atomic mass is 9.94.